The summed E-state index contributed by atoms with van der Waals surface area (Å²) in [5.74, 6) is 0.793. The maximum absolute atomic E-state index is 13.1. The number of aryl methyl sites for hydroxylation is 1. The second-order valence-corrected chi connectivity index (χ2v) is 8.82. The van der Waals surface area contributed by atoms with Gasteiger partial charge in [-0.1, -0.05) is 30.3 Å². The number of amides is 1. The first kappa shape index (κ1) is 22.6. The van der Waals surface area contributed by atoms with Crippen LogP contribution in [0.25, 0.3) is 11.5 Å². The Balaban J connectivity index is 1.43. The summed E-state index contributed by atoms with van der Waals surface area (Å²) in [5, 5.41) is 9.42. The van der Waals surface area contributed by atoms with Crippen molar-refractivity contribution < 1.29 is 23.8 Å². The minimum absolute atomic E-state index is 0.173. The molecule has 172 valence electrons. The number of likely N-dealkylation sites (tertiary alicyclic amines) is 1. The minimum atomic E-state index is -0.945. The highest BCUT2D eigenvalue weighted by atomic mass is 16.5. The molecule has 1 unspecified atom stereocenters. The van der Waals surface area contributed by atoms with Crippen LogP contribution in [0.1, 0.15) is 43.7 Å². The molecule has 1 amide bonds. The number of carbonyl (C=O) groups is 2. The highest BCUT2D eigenvalue weighted by molar-refractivity contribution is 5.91. The zero-order valence-electron chi connectivity index (χ0n) is 19.1. The van der Waals surface area contributed by atoms with Crippen molar-refractivity contribution in [3.8, 4) is 17.2 Å². The molecule has 2 heterocycles. The Labute approximate surface area is 193 Å². The van der Waals surface area contributed by atoms with Gasteiger partial charge in [-0.15, -0.1) is 0 Å². The van der Waals surface area contributed by atoms with Crippen molar-refractivity contribution in [1.82, 2.24) is 9.88 Å². The Kier molecular flexibility index (Phi) is 6.22. The summed E-state index contributed by atoms with van der Waals surface area (Å²) in [7, 11) is 0. The molecule has 1 aromatic heterocycles. The summed E-state index contributed by atoms with van der Waals surface area (Å²) >= 11 is 0. The molecule has 0 radical (unpaired) electrons. The fraction of sp³-hybridized carbons (Fsp3) is 0.346. The van der Waals surface area contributed by atoms with Gasteiger partial charge in [-0.25, -0.2) is 9.78 Å². The zero-order valence-corrected chi connectivity index (χ0v) is 19.1. The smallest absolute Gasteiger partial charge is 0.326 e. The third kappa shape index (κ3) is 4.62. The Morgan fingerprint density at radius 2 is 1.85 bits per heavy atom. The lowest BCUT2D eigenvalue weighted by molar-refractivity contribution is -0.150. The van der Waals surface area contributed by atoms with Crippen molar-refractivity contribution in [2.45, 2.75) is 51.7 Å². The highest BCUT2D eigenvalue weighted by Gasteiger charge is 2.41. The Hall–Kier alpha value is -3.61. The largest absolute Gasteiger partial charge is 0.487 e. The van der Waals surface area contributed by atoms with Crippen LogP contribution in [0, 0.1) is 6.92 Å². The molecule has 7 nitrogen and oxygen atoms in total. The third-order valence-electron chi connectivity index (χ3n) is 6.20. The Morgan fingerprint density at radius 3 is 2.52 bits per heavy atom. The van der Waals surface area contributed by atoms with Gasteiger partial charge in [0.2, 0.25) is 11.8 Å². The number of carboxylic acids is 1. The van der Waals surface area contributed by atoms with E-state index < -0.39 is 17.4 Å². The third-order valence-corrected chi connectivity index (χ3v) is 6.20. The highest BCUT2D eigenvalue weighted by Crippen LogP contribution is 2.31. The van der Waals surface area contributed by atoms with E-state index in [9.17, 15) is 14.7 Å². The molecule has 0 bridgehead atoms. The molecule has 3 aromatic rings. The van der Waals surface area contributed by atoms with Crippen LogP contribution < -0.4 is 4.74 Å². The van der Waals surface area contributed by atoms with E-state index in [1.807, 2.05) is 75.4 Å². The number of carbonyl (C=O) groups excluding carboxylic acids is 1. The van der Waals surface area contributed by atoms with Crippen molar-refractivity contribution in [1.29, 1.82) is 0 Å². The number of nitrogens with zero attached hydrogens (tertiary/aromatic N) is 2. The SMILES string of the molecule is Cc1oc(-c2ccccc2)nc1COc1ccc(C(C)(C)C(=O)N2CCCC2C(=O)O)cc1. The number of hydrogen-bond acceptors (Lipinski definition) is 5. The number of aromatic nitrogens is 1. The second-order valence-electron chi connectivity index (χ2n) is 8.82. The molecular formula is C26H28N2O5. The number of hydrogen-bond donors (Lipinski definition) is 1. The van der Waals surface area contributed by atoms with E-state index in [1.54, 1.807) is 0 Å². The molecule has 2 aromatic carbocycles. The lowest BCUT2D eigenvalue weighted by atomic mass is 9.83. The molecule has 1 atom stereocenters. The number of ether oxygens (including phenoxy) is 1. The van der Waals surface area contributed by atoms with E-state index in [2.05, 4.69) is 4.98 Å². The monoisotopic (exact) mass is 448 g/mol. The fourth-order valence-electron chi connectivity index (χ4n) is 4.13. The summed E-state index contributed by atoms with van der Waals surface area (Å²) in [4.78, 5) is 30.7. The fourth-order valence-corrected chi connectivity index (χ4v) is 4.13. The van der Waals surface area contributed by atoms with Gasteiger partial charge in [0.1, 0.15) is 29.9 Å². The minimum Gasteiger partial charge on any atom is -0.487 e. The lowest BCUT2D eigenvalue weighted by Gasteiger charge is -2.32. The topological polar surface area (TPSA) is 92.9 Å². The number of benzene rings is 2. The van der Waals surface area contributed by atoms with Crippen molar-refractivity contribution in [3.63, 3.8) is 0 Å². The van der Waals surface area contributed by atoms with Crippen LogP contribution in [0.2, 0.25) is 0 Å². The number of aliphatic carboxylic acids is 1. The van der Waals surface area contributed by atoms with E-state index in [0.29, 0.717) is 36.8 Å². The zero-order chi connectivity index (χ0) is 23.6. The predicted molar refractivity (Wildman–Crippen MR) is 123 cm³/mol. The maximum Gasteiger partial charge on any atom is 0.326 e. The van der Waals surface area contributed by atoms with Crippen LogP contribution in [0.3, 0.4) is 0 Å². The molecule has 33 heavy (non-hydrogen) atoms. The van der Waals surface area contributed by atoms with E-state index >= 15 is 0 Å². The van der Waals surface area contributed by atoms with Crippen LogP contribution in [0.15, 0.2) is 59.0 Å². The number of rotatable bonds is 7. The van der Waals surface area contributed by atoms with E-state index in [0.717, 1.165) is 16.8 Å². The number of carboxylic acid groups (broad SMARTS) is 1. The molecule has 1 saturated heterocycles. The van der Waals surface area contributed by atoms with Gasteiger partial charge in [0.25, 0.3) is 0 Å². The Morgan fingerprint density at radius 1 is 1.15 bits per heavy atom. The number of oxazole rings is 1. The van der Waals surface area contributed by atoms with Gasteiger partial charge >= 0.3 is 5.97 Å². The molecule has 0 spiro atoms. The standard InChI is InChI=1S/C26H28N2O5/c1-17-21(27-23(33-17)18-8-5-4-6-9-18)16-32-20-13-11-19(12-14-20)26(2,3)25(31)28-15-7-10-22(28)24(29)30/h4-6,8-9,11-14,22H,7,10,15-16H2,1-3H3,(H,29,30). The first-order valence-electron chi connectivity index (χ1n) is 11.1. The van der Waals surface area contributed by atoms with Gasteiger partial charge < -0.3 is 19.2 Å². The van der Waals surface area contributed by atoms with E-state index in [1.165, 1.54) is 4.90 Å². The first-order chi connectivity index (χ1) is 15.8. The molecule has 4 rings (SSSR count). The molecular weight excluding hydrogens is 420 g/mol. The summed E-state index contributed by atoms with van der Waals surface area (Å²) in [6.45, 7) is 6.25. The normalized spacial score (nSPS) is 16.1. The first-order valence-corrected chi connectivity index (χ1v) is 11.1. The second kappa shape index (κ2) is 9.10. The quantitative estimate of drug-likeness (QED) is 0.569. The molecule has 1 N–H and O–H groups in total. The van der Waals surface area contributed by atoms with Crippen LogP contribution in [0.4, 0.5) is 0 Å². The van der Waals surface area contributed by atoms with Crippen LogP contribution in [-0.4, -0.2) is 39.5 Å². The predicted octanol–water partition coefficient (Wildman–Crippen LogP) is 4.58. The summed E-state index contributed by atoms with van der Waals surface area (Å²) < 4.78 is 11.7. The molecule has 7 heteroatoms. The van der Waals surface area contributed by atoms with Gasteiger partial charge in [0, 0.05) is 12.1 Å². The van der Waals surface area contributed by atoms with Crippen LogP contribution >= 0.6 is 0 Å². The van der Waals surface area contributed by atoms with E-state index in [-0.39, 0.29) is 12.5 Å². The van der Waals surface area contributed by atoms with Gasteiger partial charge in [0.05, 0.1) is 5.41 Å². The Bertz CT molecular complexity index is 1140. The van der Waals surface area contributed by atoms with Crippen molar-refractivity contribution >= 4 is 11.9 Å². The molecule has 0 aliphatic carbocycles. The molecule has 1 aliphatic heterocycles. The van der Waals surface area contributed by atoms with Crippen LogP contribution in [-0.2, 0) is 21.6 Å². The van der Waals surface area contributed by atoms with Gasteiger partial charge in [-0.3, -0.25) is 4.79 Å². The average molecular weight is 449 g/mol. The summed E-state index contributed by atoms with van der Waals surface area (Å²) in [6.07, 6.45) is 1.20. The van der Waals surface area contributed by atoms with Crippen molar-refractivity contribution in [2.75, 3.05) is 6.54 Å². The van der Waals surface area contributed by atoms with Crippen molar-refractivity contribution in [2.24, 2.45) is 0 Å². The molecule has 0 saturated carbocycles. The summed E-state index contributed by atoms with van der Waals surface area (Å²) in [5.41, 5.74) is 1.59. The van der Waals surface area contributed by atoms with Crippen LogP contribution in [0.5, 0.6) is 5.75 Å². The maximum atomic E-state index is 13.1. The average Bonchev–Trinajstić information content (AvgIpc) is 3.45. The van der Waals surface area contributed by atoms with E-state index in [4.69, 9.17) is 9.15 Å². The van der Waals surface area contributed by atoms with Gasteiger partial charge in [-0.05, 0) is 63.4 Å². The van der Waals surface area contributed by atoms with Gasteiger partial charge in [0.15, 0.2) is 0 Å². The molecule has 1 aliphatic rings. The van der Waals surface area contributed by atoms with Gasteiger partial charge in [-0.2, -0.15) is 0 Å². The summed E-state index contributed by atoms with van der Waals surface area (Å²) in [6, 6.07) is 16.3. The van der Waals surface area contributed by atoms with Crippen molar-refractivity contribution in [3.05, 3.63) is 71.6 Å². The lowest BCUT2D eigenvalue weighted by Crippen LogP contribution is -2.48. The molecule has 1 fully saturated rings.